The van der Waals surface area contributed by atoms with Crippen molar-refractivity contribution < 1.29 is 23.0 Å². The molecule has 7 nitrogen and oxygen atoms in total. The van der Waals surface area contributed by atoms with Gasteiger partial charge in [-0.05, 0) is 42.3 Å². The number of aliphatic imine (C=N–C) groups is 1. The Labute approximate surface area is 181 Å². The number of ether oxygens (including phenoxy) is 2. The number of guanidine groups is 1. The highest BCUT2D eigenvalue weighted by atomic mass is 19.3. The molecule has 2 aromatic carbocycles. The predicted octanol–water partition coefficient (Wildman–Crippen LogP) is 3.01. The van der Waals surface area contributed by atoms with Crippen molar-refractivity contribution in [3.05, 3.63) is 59.7 Å². The summed E-state index contributed by atoms with van der Waals surface area (Å²) >= 11 is 0. The highest BCUT2D eigenvalue weighted by Crippen LogP contribution is 2.16. The Kier molecular flexibility index (Phi) is 9.54. The minimum absolute atomic E-state index is 0.0238. The summed E-state index contributed by atoms with van der Waals surface area (Å²) in [6.45, 7) is 0.578. The van der Waals surface area contributed by atoms with Crippen LogP contribution in [0.2, 0.25) is 0 Å². The van der Waals surface area contributed by atoms with Crippen molar-refractivity contribution in [2.75, 3.05) is 27.2 Å². The molecule has 0 aliphatic heterocycles. The van der Waals surface area contributed by atoms with Gasteiger partial charge in [0, 0.05) is 26.7 Å². The van der Waals surface area contributed by atoms with E-state index in [1.807, 2.05) is 43.1 Å². The lowest BCUT2D eigenvalue weighted by molar-refractivity contribution is -0.119. The second kappa shape index (κ2) is 12.4. The van der Waals surface area contributed by atoms with Gasteiger partial charge in [-0.25, -0.2) is 4.99 Å². The lowest BCUT2D eigenvalue weighted by atomic mass is 10.2. The lowest BCUT2D eigenvalue weighted by Crippen LogP contribution is -2.39. The van der Waals surface area contributed by atoms with Crippen molar-refractivity contribution in [3.63, 3.8) is 0 Å². The molecule has 0 heterocycles. The van der Waals surface area contributed by atoms with Gasteiger partial charge in [-0.3, -0.25) is 4.79 Å². The van der Waals surface area contributed by atoms with E-state index in [1.54, 1.807) is 19.2 Å². The standard InChI is InChI=1S/C22H28F2N4O3/c1-4-25-22(28(2)15-17-7-11-19(12-8-17)31-21(23)24)27-14-20(29)26-13-16-5-9-18(30-3)10-6-16/h5-12,21H,4,13-15H2,1-3H3,(H,25,27)(H,26,29). The molecular formula is C22H28F2N4O3. The summed E-state index contributed by atoms with van der Waals surface area (Å²) in [5.74, 6) is 1.23. The van der Waals surface area contributed by atoms with Crippen LogP contribution in [0.4, 0.5) is 8.78 Å². The van der Waals surface area contributed by atoms with E-state index in [4.69, 9.17) is 4.74 Å². The molecule has 2 rings (SSSR count). The molecule has 0 radical (unpaired) electrons. The molecule has 0 bridgehead atoms. The number of benzene rings is 2. The van der Waals surface area contributed by atoms with Gasteiger partial charge in [0.1, 0.15) is 18.0 Å². The number of nitrogens with one attached hydrogen (secondary N) is 2. The molecule has 9 heteroatoms. The molecule has 2 aromatic rings. The number of hydrogen-bond acceptors (Lipinski definition) is 4. The Morgan fingerprint density at radius 1 is 1.03 bits per heavy atom. The molecule has 31 heavy (non-hydrogen) atoms. The molecule has 0 saturated heterocycles. The van der Waals surface area contributed by atoms with Crippen molar-refractivity contribution in [3.8, 4) is 11.5 Å². The molecule has 1 amide bonds. The molecule has 2 N–H and O–H groups in total. The molecule has 0 saturated carbocycles. The van der Waals surface area contributed by atoms with Crippen LogP contribution in [0.5, 0.6) is 11.5 Å². The molecule has 0 aliphatic carbocycles. The van der Waals surface area contributed by atoms with Crippen LogP contribution < -0.4 is 20.1 Å². The van der Waals surface area contributed by atoms with Crippen molar-refractivity contribution in [2.45, 2.75) is 26.6 Å². The third-order valence-electron chi connectivity index (χ3n) is 4.29. The van der Waals surface area contributed by atoms with E-state index in [9.17, 15) is 13.6 Å². The number of methoxy groups -OCH3 is 1. The van der Waals surface area contributed by atoms with Gasteiger partial charge in [-0.2, -0.15) is 8.78 Å². The zero-order chi connectivity index (χ0) is 22.6. The van der Waals surface area contributed by atoms with Gasteiger partial charge in [0.25, 0.3) is 0 Å². The first kappa shape index (κ1) is 23.9. The summed E-state index contributed by atoms with van der Waals surface area (Å²) in [6.07, 6.45) is 0. The average Bonchev–Trinajstić information content (AvgIpc) is 2.76. The minimum atomic E-state index is -2.85. The van der Waals surface area contributed by atoms with E-state index in [0.717, 1.165) is 16.9 Å². The van der Waals surface area contributed by atoms with Gasteiger partial charge < -0.3 is 25.0 Å². The summed E-state index contributed by atoms with van der Waals surface area (Å²) < 4.78 is 34.0. The second-order valence-electron chi connectivity index (χ2n) is 6.67. The first-order valence-corrected chi connectivity index (χ1v) is 9.84. The van der Waals surface area contributed by atoms with Crippen molar-refractivity contribution >= 4 is 11.9 Å². The molecular weight excluding hydrogens is 406 g/mol. The Morgan fingerprint density at radius 2 is 1.65 bits per heavy atom. The first-order valence-electron chi connectivity index (χ1n) is 9.84. The van der Waals surface area contributed by atoms with E-state index in [0.29, 0.717) is 25.6 Å². The number of carbonyl (C=O) groups excluding carboxylic acids is 1. The average molecular weight is 434 g/mol. The van der Waals surface area contributed by atoms with Gasteiger partial charge in [0.05, 0.1) is 7.11 Å². The maximum Gasteiger partial charge on any atom is 0.387 e. The van der Waals surface area contributed by atoms with Gasteiger partial charge >= 0.3 is 6.61 Å². The van der Waals surface area contributed by atoms with Gasteiger partial charge in [-0.15, -0.1) is 0 Å². The van der Waals surface area contributed by atoms with Crippen molar-refractivity contribution in [1.82, 2.24) is 15.5 Å². The molecule has 0 spiro atoms. The molecule has 0 unspecified atom stereocenters. The van der Waals surface area contributed by atoms with Crippen LogP contribution in [0.25, 0.3) is 0 Å². The number of amides is 1. The van der Waals surface area contributed by atoms with E-state index in [1.165, 1.54) is 12.1 Å². The quantitative estimate of drug-likeness (QED) is 0.444. The van der Waals surface area contributed by atoms with Crippen molar-refractivity contribution in [1.29, 1.82) is 0 Å². The van der Waals surface area contributed by atoms with Crippen LogP contribution in [0.3, 0.4) is 0 Å². The van der Waals surface area contributed by atoms with Gasteiger partial charge in [0.15, 0.2) is 5.96 Å². The topological polar surface area (TPSA) is 75.2 Å². The van der Waals surface area contributed by atoms with Crippen LogP contribution in [-0.2, 0) is 17.9 Å². The van der Waals surface area contributed by atoms with E-state index in [-0.39, 0.29) is 18.2 Å². The smallest absolute Gasteiger partial charge is 0.387 e. The highest BCUT2D eigenvalue weighted by Gasteiger charge is 2.09. The fourth-order valence-electron chi connectivity index (χ4n) is 2.74. The number of rotatable bonds is 10. The van der Waals surface area contributed by atoms with E-state index in [2.05, 4.69) is 20.4 Å². The number of halogens is 2. The molecule has 0 aliphatic rings. The maximum absolute atomic E-state index is 12.3. The normalized spacial score (nSPS) is 11.2. The second-order valence-corrected chi connectivity index (χ2v) is 6.67. The SMILES string of the molecule is CCNC(=NCC(=O)NCc1ccc(OC)cc1)N(C)Cc1ccc(OC(F)F)cc1. The van der Waals surface area contributed by atoms with Gasteiger partial charge in [-0.1, -0.05) is 24.3 Å². The Bertz CT molecular complexity index is 843. The number of hydrogen-bond donors (Lipinski definition) is 2. The van der Waals surface area contributed by atoms with Crippen molar-refractivity contribution in [2.24, 2.45) is 4.99 Å². The van der Waals surface area contributed by atoms with E-state index < -0.39 is 6.61 Å². The molecule has 0 atom stereocenters. The summed E-state index contributed by atoms with van der Waals surface area (Å²) in [7, 11) is 3.44. The monoisotopic (exact) mass is 434 g/mol. The fraction of sp³-hybridized carbons (Fsp3) is 0.364. The summed E-state index contributed by atoms with van der Waals surface area (Å²) in [5.41, 5.74) is 1.85. The first-order chi connectivity index (χ1) is 14.9. The summed E-state index contributed by atoms with van der Waals surface area (Å²) in [6, 6.07) is 13.8. The van der Waals surface area contributed by atoms with Crippen LogP contribution in [0.1, 0.15) is 18.1 Å². The minimum Gasteiger partial charge on any atom is -0.497 e. The zero-order valence-corrected chi connectivity index (χ0v) is 17.9. The van der Waals surface area contributed by atoms with E-state index >= 15 is 0 Å². The van der Waals surface area contributed by atoms with Gasteiger partial charge in [0.2, 0.25) is 5.91 Å². The zero-order valence-electron chi connectivity index (χ0n) is 17.9. The van der Waals surface area contributed by atoms with Crippen LogP contribution >= 0.6 is 0 Å². The summed E-state index contributed by atoms with van der Waals surface area (Å²) in [4.78, 5) is 18.4. The maximum atomic E-state index is 12.3. The summed E-state index contributed by atoms with van der Waals surface area (Å²) in [5, 5.41) is 5.98. The fourth-order valence-corrected chi connectivity index (χ4v) is 2.74. The third-order valence-corrected chi connectivity index (χ3v) is 4.29. The lowest BCUT2D eigenvalue weighted by Gasteiger charge is -2.22. The van der Waals surface area contributed by atoms with Crippen LogP contribution in [-0.4, -0.2) is 50.6 Å². The number of alkyl halides is 2. The highest BCUT2D eigenvalue weighted by molar-refractivity contribution is 5.84. The molecule has 0 aromatic heterocycles. The Hall–Kier alpha value is -3.36. The van der Waals surface area contributed by atoms with Crippen LogP contribution in [0.15, 0.2) is 53.5 Å². The van der Waals surface area contributed by atoms with Crippen LogP contribution in [0, 0.1) is 0 Å². The Morgan fingerprint density at radius 3 is 2.23 bits per heavy atom. The predicted molar refractivity (Wildman–Crippen MR) is 115 cm³/mol. The Balaban J connectivity index is 1.89. The number of carbonyl (C=O) groups is 1. The third kappa shape index (κ3) is 8.49. The molecule has 0 fully saturated rings. The number of nitrogens with zero attached hydrogens (tertiary/aromatic N) is 2. The largest absolute Gasteiger partial charge is 0.497 e. The molecule has 168 valence electrons.